The molecule has 1 N–H and O–H groups in total. The second-order valence-electron chi connectivity index (χ2n) is 9.82. The number of aliphatic hydroxyl groups is 1. The lowest BCUT2D eigenvalue weighted by atomic mass is 9.82. The van der Waals surface area contributed by atoms with Crippen LogP contribution in [0, 0.1) is 5.92 Å². The predicted octanol–water partition coefficient (Wildman–Crippen LogP) is 4.71. The Morgan fingerprint density at radius 1 is 0.636 bits per heavy atom. The molecule has 2 heterocycles. The van der Waals surface area contributed by atoms with Crippen LogP contribution in [0.5, 0.6) is 0 Å². The molecule has 3 heteroatoms. The van der Waals surface area contributed by atoms with Crippen molar-refractivity contribution in [1.82, 2.24) is 0 Å². The number of hydrogen-bond acceptors (Lipinski definition) is 3. The van der Waals surface area contributed by atoms with Gasteiger partial charge in [0.2, 0.25) is 0 Å². The fourth-order valence-electron chi connectivity index (χ4n) is 4.62. The Kier molecular flexibility index (Phi) is 5.81. The second kappa shape index (κ2) is 6.41. The van der Waals surface area contributed by atoms with Crippen molar-refractivity contribution in [3.63, 3.8) is 0 Å². The van der Waals surface area contributed by atoms with Gasteiger partial charge in [-0.15, -0.1) is 0 Å². The molecule has 2 saturated heterocycles. The van der Waals surface area contributed by atoms with Crippen molar-refractivity contribution in [1.29, 1.82) is 0 Å². The zero-order chi connectivity index (χ0) is 17.4. The Labute approximate surface area is 137 Å². The van der Waals surface area contributed by atoms with E-state index in [4.69, 9.17) is 9.47 Å². The van der Waals surface area contributed by atoms with E-state index in [0.29, 0.717) is 0 Å². The fraction of sp³-hybridized carbons (Fsp3) is 1.00. The molecule has 0 bridgehead atoms. The van der Waals surface area contributed by atoms with Crippen molar-refractivity contribution in [2.75, 3.05) is 0 Å². The first kappa shape index (κ1) is 19.9. The van der Waals surface area contributed by atoms with Gasteiger partial charge in [-0.3, -0.25) is 0 Å². The first-order chi connectivity index (χ1) is 9.62. The van der Waals surface area contributed by atoms with E-state index in [1.807, 2.05) is 27.7 Å². The van der Waals surface area contributed by atoms with Gasteiger partial charge in [-0.05, 0) is 74.1 Å². The van der Waals surface area contributed by atoms with Crippen molar-refractivity contribution in [3.8, 4) is 0 Å². The minimum Gasteiger partial charge on any atom is -0.393 e. The lowest BCUT2D eigenvalue weighted by Gasteiger charge is -2.44. The number of rotatable bonds is 0. The molecule has 0 amide bonds. The molecule has 22 heavy (non-hydrogen) atoms. The third-order valence-electron chi connectivity index (χ3n) is 4.24. The van der Waals surface area contributed by atoms with Crippen molar-refractivity contribution < 1.29 is 14.6 Å². The third-order valence-corrected chi connectivity index (χ3v) is 4.24. The van der Waals surface area contributed by atoms with Crippen LogP contribution >= 0.6 is 0 Å². The molecular formula is C19H38O3. The van der Waals surface area contributed by atoms with Crippen molar-refractivity contribution >= 4 is 0 Å². The summed E-state index contributed by atoms with van der Waals surface area (Å²) in [4.78, 5) is 0. The van der Waals surface area contributed by atoms with Crippen LogP contribution in [0.4, 0.5) is 0 Å². The highest BCUT2D eigenvalue weighted by Gasteiger charge is 2.38. The fourth-order valence-corrected chi connectivity index (χ4v) is 4.62. The summed E-state index contributed by atoms with van der Waals surface area (Å²) in [6.07, 6.45) is 3.67. The van der Waals surface area contributed by atoms with Crippen molar-refractivity contribution in [3.05, 3.63) is 0 Å². The maximum absolute atomic E-state index is 9.50. The molecular weight excluding hydrogens is 276 g/mol. The first-order valence-corrected chi connectivity index (χ1v) is 8.70. The molecule has 0 unspecified atom stereocenters. The summed E-state index contributed by atoms with van der Waals surface area (Å²) >= 11 is 0. The van der Waals surface area contributed by atoms with E-state index in [-0.39, 0.29) is 28.5 Å². The SMILES string of the molecule is CC1(C)CC(O)CC(C)(C)O1.CC1CC(C)(C)OC(C)(C)C1. The Balaban J connectivity index is 0.000000220. The van der Waals surface area contributed by atoms with Gasteiger partial charge in [0.25, 0.3) is 0 Å². The average molecular weight is 315 g/mol. The van der Waals surface area contributed by atoms with E-state index in [0.717, 1.165) is 18.8 Å². The van der Waals surface area contributed by atoms with Gasteiger partial charge in [0, 0.05) is 12.8 Å². The highest BCUT2D eigenvalue weighted by molar-refractivity contribution is 4.88. The monoisotopic (exact) mass is 314 g/mol. The quantitative estimate of drug-likeness (QED) is 0.704. The van der Waals surface area contributed by atoms with Crippen LogP contribution < -0.4 is 0 Å². The Morgan fingerprint density at radius 3 is 1.14 bits per heavy atom. The minimum atomic E-state index is -0.200. The maximum atomic E-state index is 9.50. The lowest BCUT2D eigenvalue weighted by Crippen LogP contribution is -2.47. The van der Waals surface area contributed by atoms with Crippen LogP contribution in [0.25, 0.3) is 0 Å². The van der Waals surface area contributed by atoms with Gasteiger partial charge in [-0.1, -0.05) is 6.92 Å². The summed E-state index contributed by atoms with van der Waals surface area (Å²) in [6.45, 7) is 19.2. The Hall–Kier alpha value is -0.120. The molecule has 0 aromatic heterocycles. The van der Waals surface area contributed by atoms with Gasteiger partial charge in [0.05, 0.1) is 28.5 Å². The number of aliphatic hydroxyl groups excluding tert-OH is 1. The van der Waals surface area contributed by atoms with E-state index in [1.165, 1.54) is 12.8 Å². The molecule has 0 spiro atoms. The highest BCUT2D eigenvalue weighted by atomic mass is 16.5. The lowest BCUT2D eigenvalue weighted by molar-refractivity contribution is -0.186. The van der Waals surface area contributed by atoms with Crippen LogP contribution in [0.2, 0.25) is 0 Å². The van der Waals surface area contributed by atoms with Gasteiger partial charge in [-0.2, -0.15) is 0 Å². The topological polar surface area (TPSA) is 38.7 Å². The summed E-state index contributed by atoms with van der Waals surface area (Å²) in [5, 5.41) is 9.50. The summed E-state index contributed by atoms with van der Waals surface area (Å²) in [5.41, 5.74) is -0.162. The van der Waals surface area contributed by atoms with E-state index in [2.05, 4.69) is 34.6 Å². The van der Waals surface area contributed by atoms with Crippen LogP contribution in [-0.2, 0) is 9.47 Å². The molecule has 132 valence electrons. The van der Waals surface area contributed by atoms with Gasteiger partial charge in [0.15, 0.2) is 0 Å². The third kappa shape index (κ3) is 6.97. The number of hydrogen-bond donors (Lipinski definition) is 1. The molecule has 2 rings (SSSR count). The van der Waals surface area contributed by atoms with Gasteiger partial charge in [0.1, 0.15) is 0 Å². The molecule has 0 saturated carbocycles. The van der Waals surface area contributed by atoms with E-state index in [1.54, 1.807) is 0 Å². The van der Waals surface area contributed by atoms with Gasteiger partial charge < -0.3 is 14.6 Å². The summed E-state index contributed by atoms with van der Waals surface area (Å²) < 4.78 is 11.7. The maximum Gasteiger partial charge on any atom is 0.0658 e. The van der Waals surface area contributed by atoms with Crippen LogP contribution in [0.1, 0.15) is 88.0 Å². The predicted molar refractivity (Wildman–Crippen MR) is 92.1 cm³/mol. The zero-order valence-electron chi connectivity index (χ0n) is 16.2. The summed E-state index contributed by atoms with van der Waals surface area (Å²) in [7, 11) is 0. The number of ether oxygens (including phenoxy) is 2. The van der Waals surface area contributed by atoms with Gasteiger partial charge in [-0.25, -0.2) is 0 Å². The van der Waals surface area contributed by atoms with Crippen LogP contribution in [-0.4, -0.2) is 33.6 Å². The summed E-state index contributed by atoms with van der Waals surface area (Å²) in [5.74, 6) is 0.800. The molecule has 2 fully saturated rings. The zero-order valence-corrected chi connectivity index (χ0v) is 16.2. The molecule has 2 aliphatic heterocycles. The van der Waals surface area contributed by atoms with Crippen molar-refractivity contribution in [2.45, 2.75) is 117 Å². The first-order valence-electron chi connectivity index (χ1n) is 8.70. The second-order valence-corrected chi connectivity index (χ2v) is 9.82. The minimum absolute atomic E-state index is 0.0845. The van der Waals surface area contributed by atoms with Gasteiger partial charge >= 0.3 is 0 Å². The normalized spacial score (nSPS) is 30.3. The van der Waals surface area contributed by atoms with E-state index in [9.17, 15) is 5.11 Å². The molecule has 0 atom stereocenters. The average Bonchev–Trinajstić information content (AvgIpc) is 2.03. The molecule has 0 aromatic carbocycles. The van der Waals surface area contributed by atoms with E-state index >= 15 is 0 Å². The largest absolute Gasteiger partial charge is 0.393 e. The van der Waals surface area contributed by atoms with Crippen molar-refractivity contribution in [2.24, 2.45) is 5.92 Å². The Morgan fingerprint density at radius 2 is 0.909 bits per heavy atom. The molecule has 0 radical (unpaired) electrons. The summed E-state index contributed by atoms with van der Waals surface area (Å²) in [6, 6.07) is 0. The van der Waals surface area contributed by atoms with E-state index < -0.39 is 0 Å². The van der Waals surface area contributed by atoms with Crippen LogP contribution in [0.3, 0.4) is 0 Å². The molecule has 2 aliphatic rings. The standard InChI is InChI=1S/C10H20O.C9H18O2/c1-8-6-9(2,3)11-10(4,5)7-8;1-8(2)5-7(10)6-9(3,4)11-8/h8H,6-7H2,1-5H3;7,10H,5-6H2,1-4H3. The molecule has 0 aliphatic carbocycles. The van der Waals surface area contributed by atoms with Crippen LogP contribution in [0.15, 0.2) is 0 Å². The molecule has 0 aromatic rings. The smallest absolute Gasteiger partial charge is 0.0658 e. The highest BCUT2D eigenvalue weighted by Crippen LogP contribution is 2.38. The Bertz CT molecular complexity index is 301. The molecule has 3 nitrogen and oxygen atoms in total.